The van der Waals surface area contributed by atoms with E-state index in [0.29, 0.717) is 4.90 Å². The molecule has 2 rings (SSSR count). The number of rotatable bonds is 2. The molecule has 0 radical (unpaired) electrons. The number of piperidine rings is 1. The number of carbonyl (C=O) groups excluding carboxylic acids is 2. The Morgan fingerprint density at radius 3 is 2.59 bits per heavy atom. The fourth-order valence-corrected chi connectivity index (χ4v) is 2.74. The van der Waals surface area contributed by atoms with Gasteiger partial charge in [0.05, 0.1) is 11.8 Å². The number of amides is 2. The second kappa shape index (κ2) is 6.20. The van der Waals surface area contributed by atoms with Crippen LogP contribution < -0.4 is 5.32 Å². The number of hydrogen-bond acceptors (Lipinski definition) is 3. The van der Waals surface area contributed by atoms with Crippen molar-refractivity contribution in [1.29, 1.82) is 0 Å². The van der Waals surface area contributed by atoms with Crippen molar-refractivity contribution in [3.05, 3.63) is 23.1 Å². The highest BCUT2D eigenvalue weighted by Gasteiger charge is 2.48. The zero-order valence-electron chi connectivity index (χ0n) is 11.6. The smallest absolute Gasteiger partial charge is 0.408 e. The first-order valence-corrected chi connectivity index (χ1v) is 6.95. The average Bonchev–Trinajstić information content (AvgIpc) is 2.82. The Balaban J connectivity index is 2.25. The van der Waals surface area contributed by atoms with Gasteiger partial charge < -0.3 is 14.6 Å². The van der Waals surface area contributed by atoms with Crippen LogP contribution in [0.2, 0.25) is 5.22 Å². The maximum absolute atomic E-state index is 13.1. The minimum absolute atomic E-state index is 0.126. The number of carbonyl (C=O) groups is 2. The topological polar surface area (TPSA) is 62.6 Å². The number of hydrogen-bond donors (Lipinski definition) is 1. The first-order chi connectivity index (χ1) is 10.2. The van der Waals surface area contributed by atoms with Crippen molar-refractivity contribution >= 4 is 23.4 Å². The highest BCUT2D eigenvalue weighted by atomic mass is 35.5. The van der Waals surface area contributed by atoms with E-state index in [2.05, 4.69) is 5.32 Å². The van der Waals surface area contributed by atoms with Crippen molar-refractivity contribution in [3.8, 4) is 0 Å². The molecule has 0 bridgehead atoms. The van der Waals surface area contributed by atoms with Gasteiger partial charge in [0, 0.05) is 19.5 Å². The quantitative estimate of drug-likeness (QED) is 0.901. The lowest BCUT2D eigenvalue weighted by Crippen LogP contribution is -2.58. The molecule has 0 unspecified atom stereocenters. The SMILES string of the molecule is CC(=O)N[C@H]1CC[C@H](C(F)(F)F)N(C(=O)c2ccoc2Cl)C1. The molecule has 1 aromatic heterocycles. The lowest BCUT2D eigenvalue weighted by atomic mass is 9.97. The van der Waals surface area contributed by atoms with E-state index < -0.39 is 24.2 Å². The van der Waals surface area contributed by atoms with Crippen LogP contribution in [0.5, 0.6) is 0 Å². The highest BCUT2D eigenvalue weighted by Crippen LogP contribution is 2.33. The van der Waals surface area contributed by atoms with Crippen molar-refractivity contribution in [2.75, 3.05) is 6.54 Å². The molecule has 5 nitrogen and oxygen atoms in total. The van der Waals surface area contributed by atoms with Crippen molar-refractivity contribution < 1.29 is 27.2 Å². The van der Waals surface area contributed by atoms with Crippen LogP contribution in [0.1, 0.15) is 30.1 Å². The first-order valence-electron chi connectivity index (χ1n) is 6.58. The molecule has 22 heavy (non-hydrogen) atoms. The molecule has 2 heterocycles. The maximum Gasteiger partial charge on any atom is 0.408 e. The largest absolute Gasteiger partial charge is 0.452 e. The Labute approximate surface area is 129 Å². The molecule has 1 N–H and O–H groups in total. The molecule has 0 aliphatic carbocycles. The second-order valence-electron chi connectivity index (χ2n) is 5.10. The first kappa shape index (κ1) is 16.7. The van der Waals surface area contributed by atoms with Gasteiger partial charge in [0.25, 0.3) is 5.91 Å². The van der Waals surface area contributed by atoms with Gasteiger partial charge in [-0.25, -0.2) is 0 Å². The van der Waals surface area contributed by atoms with Crippen LogP contribution in [0.15, 0.2) is 16.7 Å². The number of nitrogens with one attached hydrogen (secondary N) is 1. The lowest BCUT2D eigenvalue weighted by Gasteiger charge is -2.40. The highest BCUT2D eigenvalue weighted by molar-refractivity contribution is 6.32. The van der Waals surface area contributed by atoms with Gasteiger partial charge in [-0.15, -0.1) is 0 Å². The van der Waals surface area contributed by atoms with Gasteiger partial charge in [0.1, 0.15) is 6.04 Å². The maximum atomic E-state index is 13.1. The van der Waals surface area contributed by atoms with E-state index in [0.717, 1.165) is 6.26 Å². The third kappa shape index (κ3) is 3.55. The van der Waals surface area contributed by atoms with E-state index in [9.17, 15) is 22.8 Å². The molecule has 0 spiro atoms. The van der Waals surface area contributed by atoms with Gasteiger partial charge in [-0.05, 0) is 30.5 Å². The average molecular weight is 339 g/mol. The Bertz CT molecular complexity index is 573. The predicted octanol–water partition coefficient (Wildman–Crippen LogP) is 2.60. The standard InChI is InChI=1S/C13H14ClF3N2O3/c1-7(20)18-8-2-3-10(13(15,16)17)19(6-8)12(21)9-4-5-22-11(9)14/h4-5,8,10H,2-3,6H2,1H3,(H,18,20)/t8-,10+/m0/s1. The van der Waals surface area contributed by atoms with Crippen LogP contribution in [0, 0.1) is 0 Å². The molecule has 1 aromatic rings. The molecule has 9 heteroatoms. The van der Waals surface area contributed by atoms with Crippen molar-refractivity contribution in [2.24, 2.45) is 0 Å². The third-order valence-corrected chi connectivity index (χ3v) is 3.77. The van der Waals surface area contributed by atoms with Crippen LogP contribution in [-0.4, -0.2) is 41.5 Å². The third-order valence-electron chi connectivity index (χ3n) is 3.48. The van der Waals surface area contributed by atoms with Crippen molar-refractivity contribution in [3.63, 3.8) is 0 Å². The van der Waals surface area contributed by atoms with Crippen LogP contribution in [0.3, 0.4) is 0 Å². The van der Waals surface area contributed by atoms with E-state index in [4.69, 9.17) is 16.0 Å². The molecule has 0 saturated carbocycles. The summed E-state index contributed by atoms with van der Waals surface area (Å²) < 4.78 is 44.2. The van der Waals surface area contributed by atoms with Crippen molar-refractivity contribution in [2.45, 2.75) is 38.0 Å². The zero-order chi connectivity index (χ0) is 16.5. The van der Waals surface area contributed by atoms with Gasteiger partial charge in [0.2, 0.25) is 11.1 Å². The summed E-state index contributed by atoms with van der Waals surface area (Å²) in [7, 11) is 0. The second-order valence-corrected chi connectivity index (χ2v) is 5.44. The molecule has 1 aliphatic rings. The van der Waals surface area contributed by atoms with Crippen LogP contribution >= 0.6 is 11.6 Å². The zero-order valence-corrected chi connectivity index (χ0v) is 12.4. The Morgan fingerprint density at radius 1 is 1.41 bits per heavy atom. The molecular weight excluding hydrogens is 325 g/mol. The van der Waals surface area contributed by atoms with E-state index in [-0.39, 0.29) is 36.1 Å². The lowest BCUT2D eigenvalue weighted by molar-refractivity contribution is -0.184. The van der Waals surface area contributed by atoms with Gasteiger partial charge in [-0.1, -0.05) is 0 Å². The minimum Gasteiger partial charge on any atom is -0.452 e. The number of furan rings is 1. The molecule has 2 atom stereocenters. The molecular formula is C13H14ClF3N2O3. The number of halogens is 4. The minimum atomic E-state index is -4.55. The molecule has 122 valence electrons. The predicted molar refractivity (Wildman–Crippen MR) is 71.4 cm³/mol. The Morgan fingerprint density at radius 2 is 2.09 bits per heavy atom. The molecule has 1 aliphatic heterocycles. The molecule has 1 fully saturated rings. The summed E-state index contributed by atoms with van der Waals surface area (Å²) in [6.45, 7) is 1.04. The van der Waals surface area contributed by atoms with Crippen molar-refractivity contribution in [1.82, 2.24) is 10.2 Å². The van der Waals surface area contributed by atoms with Gasteiger partial charge >= 0.3 is 6.18 Å². The fourth-order valence-electron chi connectivity index (χ4n) is 2.54. The monoisotopic (exact) mass is 338 g/mol. The van der Waals surface area contributed by atoms with E-state index in [1.807, 2.05) is 0 Å². The molecule has 2 amide bonds. The Hall–Kier alpha value is -1.70. The van der Waals surface area contributed by atoms with Gasteiger partial charge in [0.15, 0.2) is 0 Å². The normalized spacial score (nSPS) is 22.5. The summed E-state index contributed by atoms with van der Waals surface area (Å²) in [5.41, 5.74) is -0.126. The Kier molecular flexibility index (Phi) is 4.69. The van der Waals surface area contributed by atoms with Crippen LogP contribution in [0.4, 0.5) is 13.2 Å². The summed E-state index contributed by atoms with van der Waals surface area (Å²) in [4.78, 5) is 24.1. The van der Waals surface area contributed by atoms with Gasteiger partial charge in [-0.2, -0.15) is 13.2 Å². The fraction of sp³-hybridized carbons (Fsp3) is 0.538. The summed E-state index contributed by atoms with van der Waals surface area (Å²) in [6.07, 6.45) is -3.55. The summed E-state index contributed by atoms with van der Waals surface area (Å²) in [6, 6.07) is -1.21. The summed E-state index contributed by atoms with van der Waals surface area (Å²) in [5.74, 6) is -1.22. The number of alkyl halides is 3. The number of nitrogens with zero attached hydrogens (tertiary/aromatic N) is 1. The van der Waals surface area contributed by atoms with Crippen LogP contribution in [0.25, 0.3) is 0 Å². The van der Waals surface area contributed by atoms with Gasteiger partial charge in [-0.3, -0.25) is 9.59 Å². The number of likely N-dealkylation sites (tertiary alicyclic amines) is 1. The van der Waals surface area contributed by atoms with E-state index in [1.165, 1.54) is 13.0 Å². The summed E-state index contributed by atoms with van der Waals surface area (Å²) >= 11 is 5.67. The molecule has 1 saturated heterocycles. The summed E-state index contributed by atoms with van der Waals surface area (Å²) in [5, 5.41) is 2.29. The van der Waals surface area contributed by atoms with Crippen LogP contribution in [-0.2, 0) is 4.79 Å². The van der Waals surface area contributed by atoms with E-state index >= 15 is 0 Å². The van der Waals surface area contributed by atoms with E-state index in [1.54, 1.807) is 0 Å². The molecule has 0 aromatic carbocycles.